The molecule has 0 aliphatic carbocycles. The van der Waals surface area contributed by atoms with Crippen molar-refractivity contribution in [2.24, 2.45) is 0 Å². The third-order valence-corrected chi connectivity index (χ3v) is 2.89. The van der Waals surface area contributed by atoms with E-state index in [-0.39, 0.29) is 0 Å². The molecule has 12 heavy (non-hydrogen) atoms. The molecule has 0 bridgehead atoms. The van der Waals surface area contributed by atoms with Crippen molar-refractivity contribution < 1.29 is 4.74 Å². The number of hydrogen-bond donors (Lipinski definition) is 1. The van der Waals surface area contributed by atoms with Gasteiger partial charge < -0.3 is 4.74 Å². The van der Waals surface area contributed by atoms with Gasteiger partial charge in [-0.25, -0.2) is 0 Å². The van der Waals surface area contributed by atoms with Crippen molar-refractivity contribution in [2.45, 2.75) is 11.8 Å². The fraction of sp³-hybridized carbons (Fsp3) is 0.333. The van der Waals surface area contributed by atoms with E-state index in [0.717, 1.165) is 10.8 Å². The third kappa shape index (κ3) is 2.35. The molecule has 0 aliphatic heterocycles. The van der Waals surface area contributed by atoms with Gasteiger partial charge in [-0.2, -0.15) is 12.6 Å². The zero-order chi connectivity index (χ0) is 8.97. The average Bonchev–Trinajstić information content (AvgIpc) is 2.09. The summed E-state index contributed by atoms with van der Waals surface area (Å²) in [4.78, 5) is 1.27. The lowest BCUT2D eigenvalue weighted by Crippen LogP contribution is -1.85. The van der Waals surface area contributed by atoms with E-state index in [1.165, 1.54) is 10.5 Å². The predicted octanol–water partition coefficient (Wildman–Crippen LogP) is 2.98. The molecule has 1 rings (SSSR count). The summed E-state index contributed by atoms with van der Waals surface area (Å²) >= 11 is 5.89. The lowest BCUT2D eigenvalue weighted by molar-refractivity contribution is 0.414. The van der Waals surface area contributed by atoms with E-state index in [0.29, 0.717) is 0 Å². The Morgan fingerprint density at radius 1 is 1.50 bits per heavy atom. The fourth-order valence-corrected chi connectivity index (χ4v) is 1.99. The molecule has 0 aromatic heterocycles. The van der Waals surface area contributed by atoms with Gasteiger partial charge in [0.1, 0.15) is 5.75 Å². The van der Waals surface area contributed by atoms with E-state index in [2.05, 4.69) is 25.6 Å². The van der Waals surface area contributed by atoms with E-state index in [1.807, 2.05) is 12.1 Å². The molecule has 0 spiro atoms. The highest BCUT2D eigenvalue weighted by molar-refractivity contribution is 8.09. The van der Waals surface area contributed by atoms with E-state index in [4.69, 9.17) is 4.74 Å². The van der Waals surface area contributed by atoms with Crippen LogP contribution in [0.4, 0.5) is 0 Å². The summed E-state index contributed by atoms with van der Waals surface area (Å²) in [6.07, 6.45) is 0. The highest BCUT2D eigenvalue weighted by Crippen LogP contribution is 2.26. The minimum Gasteiger partial charge on any atom is -0.497 e. The molecule has 66 valence electrons. The van der Waals surface area contributed by atoms with Crippen molar-refractivity contribution in [3.8, 4) is 5.75 Å². The number of aryl methyl sites for hydroxylation is 1. The Bertz CT molecular complexity index is 261. The highest BCUT2D eigenvalue weighted by atomic mass is 32.2. The topological polar surface area (TPSA) is 9.23 Å². The fourth-order valence-electron chi connectivity index (χ4n) is 0.980. The molecule has 0 heterocycles. The molecule has 0 N–H and O–H groups in total. The van der Waals surface area contributed by atoms with Crippen molar-refractivity contribution >= 4 is 24.4 Å². The van der Waals surface area contributed by atoms with Gasteiger partial charge in [0.25, 0.3) is 0 Å². The van der Waals surface area contributed by atoms with E-state index >= 15 is 0 Å². The third-order valence-electron chi connectivity index (χ3n) is 1.60. The maximum atomic E-state index is 5.10. The van der Waals surface area contributed by atoms with Crippen LogP contribution in [0.2, 0.25) is 0 Å². The van der Waals surface area contributed by atoms with Crippen LogP contribution in [0.3, 0.4) is 0 Å². The van der Waals surface area contributed by atoms with Crippen molar-refractivity contribution in [3.05, 3.63) is 23.8 Å². The summed E-state index contributed by atoms with van der Waals surface area (Å²) in [5.74, 6) is 0.913. The minimum atomic E-state index is 0.813. The van der Waals surface area contributed by atoms with Crippen molar-refractivity contribution in [3.63, 3.8) is 0 Å². The SMILES string of the molecule is COc1ccc(SCS)c(C)c1. The lowest BCUT2D eigenvalue weighted by Gasteiger charge is -2.05. The second-order valence-corrected chi connectivity index (χ2v) is 4.17. The second-order valence-electron chi connectivity index (χ2n) is 2.40. The van der Waals surface area contributed by atoms with E-state index < -0.39 is 0 Å². The minimum absolute atomic E-state index is 0.813. The quantitative estimate of drug-likeness (QED) is 0.456. The first-order valence-electron chi connectivity index (χ1n) is 3.66. The Morgan fingerprint density at radius 2 is 2.25 bits per heavy atom. The van der Waals surface area contributed by atoms with Crippen LogP contribution in [-0.2, 0) is 0 Å². The molecule has 0 fully saturated rings. The van der Waals surface area contributed by atoms with Gasteiger partial charge in [0.05, 0.1) is 7.11 Å². The number of benzene rings is 1. The number of thiol groups is 1. The van der Waals surface area contributed by atoms with Crippen LogP contribution in [0.1, 0.15) is 5.56 Å². The Balaban J connectivity index is 2.87. The van der Waals surface area contributed by atoms with Gasteiger partial charge in [0, 0.05) is 9.98 Å². The molecule has 3 heteroatoms. The van der Waals surface area contributed by atoms with Gasteiger partial charge in [0.15, 0.2) is 0 Å². The van der Waals surface area contributed by atoms with Crippen molar-refractivity contribution in [1.29, 1.82) is 0 Å². The Morgan fingerprint density at radius 3 is 2.75 bits per heavy atom. The van der Waals surface area contributed by atoms with Gasteiger partial charge >= 0.3 is 0 Å². The van der Waals surface area contributed by atoms with E-state index in [1.54, 1.807) is 18.9 Å². The smallest absolute Gasteiger partial charge is 0.119 e. The molecule has 0 unspecified atom stereocenters. The van der Waals surface area contributed by atoms with Gasteiger partial charge in [0.2, 0.25) is 0 Å². The highest BCUT2D eigenvalue weighted by Gasteiger charge is 1.98. The van der Waals surface area contributed by atoms with Gasteiger partial charge in [-0.05, 0) is 30.7 Å². The number of thioether (sulfide) groups is 1. The van der Waals surface area contributed by atoms with Crippen LogP contribution in [0, 0.1) is 6.92 Å². The molecule has 0 radical (unpaired) electrons. The summed E-state index contributed by atoms with van der Waals surface area (Å²) in [6, 6.07) is 6.07. The number of rotatable bonds is 3. The normalized spacial score (nSPS) is 9.92. The molecule has 0 saturated heterocycles. The average molecular weight is 200 g/mol. The van der Waals surface area contributed by atoms with Crippen LogP contribution in [-0.4, -0.2) is 12.2 Å². The van der Waals surface area contributed by atoms with Crippen molar-refractivity contribution in [1.82, 2.24) is 0 Å². The van der Waals surface area contributed by atoms with Crippen LogP contribution in [0.5, 0.6) is 5.75 Å². The molecule has 0 atom stereocenters. The van der Waals surface area contributed by atoms with Gasteiger partial charge in [-0.1, -0.05) is 0 Å². The molecular formula is C9H12OS2. The first kappa shape index (κ1) is 9.81. The summed E-state index contributed by atoms with van der Waals surface area (Å²) in [5, 5.41) is 0.813. The zero-order valence-electron chi connectivity index (χ0n) is 7.20. The van der Waals surface area contributed by atoms with Crippen molar-refractivity contribution in [2.75, 3.05) is 12.2 Å². The molecule has 0 amide bonds. The molecule has 0 aliphatic rings. The van der Waals surface area contributed by atoms with E-state index in [9.17, 15) is 0 Å². The first-order chi connectivity index (χ1) is 5.77. The maximum absolute atomic E-state index is 5.10. The molecule has 0 saturated carbocycles. The molecule has 1 nitrogen and oxygen atoms in total. The van der Waals surface area contributed by atoms with Crippen LogP contribution >= 0.6 is 24.4 Å². The van der Waals surface area contributed by atoms with Crippen LogP contribution < -0.4 is 4.74 Å². The van der Waals surface area contributed by atoms with Gasteiger partial charge in [-0.15, -0.1) is 11.8 Å². The first-order valence-corrected chi connectivity index (χ1v) is 5.28. The van der Waals surface area contributed by atoms with Crippen LogP contribution in [0.25, 0.3) is 0 Å². The Labute approximate surface area is 82.9 Å². The largest absolute Gasteiger partial charge is 0.497 e. The zero-order valence-corrected chi connectivity index (χ0v) is 8.91. The maximum Gasteiger partial charge on any atom is 0.119 e. The predicted molar refractivity (Wildman–Crippen MR) is 57.4 cm³/mol. The van der Waals surface area contributed by atoms with Gasteiger partial charge in [-0.3, -0.25) is 0 Å². The summed E-state index contributed by atoms with van der Waals surface area (Å²) in [6.45, 7) is 2.08. The monoisotopic (exact) mass is 200 g/mol. The summed E-state index contributed by atoms with van der Waals surface area (Å²) < 4.78 is 5.10. The summed E-state index contributed by atoms with van der Waals surface area (Å²) in [5.41, 5.74) is 1.24. The van der Waals surface area contributed by atoms with Crippen LogP contribution in [0.15, 0.2) is 23.1 Å². The second kappa shape index (κ2) is 4.67. The molecular weight excluding hydrogens is 188 g/mol. The number of hydrogen-bond acceptors (Lipinski definition) is 3. The Hall–Kier alpha value is -0.280. The molecule has 1 aromatic rings. The number of ether oxygens (including phenoxy) is 1. The Kier molecular flexibility index (Phi) is 3.82. The standard InChI is InChI=1S/C9H12OS2/c1-7-5-8(10-2)3-4-9(7)12-6-11/h3-5,11H,6H2,1-2H3. The number of methoxy groups -OCH3 is 1. The lowest BCUT2D eigenvalue weighted by atomic mass is 10.2. The summed E-state index contributed by atoms with van der Waals surface area (Å²) in [7, 11) is 1.68. The molecule has 1 aromatic carbocycles.